The van der Waals surface area contributed by atoms with Crippen molar-refractivity contribution in [1.82, 2.24) is 0 Å². The third kappa shape index (κ3) is 5.64. The number of carbonyl (C=O) groups is 1. The van der Waals surface area contributed by atoms with Gasteiger partial charge in [0.15, 0.2) is 11.8 Å². The fourth-order valence-corrected chi connectivity index (χ4v) is 3.41. The van der Waals surface area contributed by atoms with E-state index in [0.717, 1.165) is 10.9 Å². The van der Waals surface area contributed by atoms with Crippen LogP contribution in [0, 0.1) is 6.92 Å². The van der Waals surface area contributed by atoms with Crippen LogP contribution in [0.15, 0.2) is 42.5 Å². The van der Waals surface area contributed by atoms with Gasteiger partial charge in [0.05, 0.1) is 5.02 Å². The van der Waals surface area contributed by atoms with Gasteiger partial charge < -0.3 is 10.9 Å². The molecule has 2 aromatic rings. The first-order chi connectivity index (χ1) is 10.5. The number of aryl methyl sites for hydroxylation is 1. The van der Waals surface area contributed by atoms with Crippen LogP contribution in [-0.2, 0) is 4.74 Å². The third-order valence-corrected chi connectivity index (χ3v) is 4.61. The minimum atomic E-state index is -0.305. The zero-order valence-electron chi connectivity index (χ0n) is 14.7. The number of carbonyl (C=O) groups excluding carboxylic acids is 1. The summed E-state index contributed by atoms with van der Waals surface area (Å²) in [7, 11) is 1.62. The maximum absolute atomic E-state index is 12.4. The Labute approximate surface area is 157 Å². The average Bonchev–Trinajstić information content (AvgIpc) is 2.49. The Kier molecular flexibility index (Phi) is 8.34. The number of rotatable bonds is 6. The van der Waals surface area contributed by atoms with Crippen LogP contribution < -0.4 is 28.9 Å². The first kappa shape index (κ1) is 20.2. The summed E-state index contributed by atoms with van der Waals surface area (Å²) in [6.07, 6.45) is -0.305. The molecule has 0 aliphatic carbocycles. The number of benzene rings is 2. The van der Waals surface area contributed by atoms with Crippen LogP contribution in [0.4, 0.5) is 0 Å². The molecule has 23 heavy (non-hydrogen) atoms. The van der Waals surface area contributed by atoms with E-state index < -0.39 is 0 Å². The van der Waals surface area contributed by atoms with E-state index in [0.29, 0.717) is 16.3 Å². The molecular formula is C17H19ClLiO3P. The molecule has 118 valence electrons. The molecular weight excluding hydrogens is 326 g/mol. The predicted molar refractivity (Wildman–Crippen MR) is 93.1 cm³/mol. The summed E-state index contributed by atoms with van der Waals surface area (Å²) >= 11 is 6.14. The summed E-state index contributed by atoms with van der Waals surface area (Å²) in [6.45, 7) is 3.71. The Morgan fingerprint density at radius 1 is 1.22 bits per heavy atom. The zero-order chi connectivity index (χ0) is 16.1. The Bertz CT molecular complexity index is 647. The van der Waals surface area contributed by atoms with Crippen LogP contribution in [-0.4, -0.2) is 18.9 Å². The second kappa shape index (κ2) is 9.48. The Morgan fingerprint density at radius 3 is 2.43 bits per heavy atom. The Morgan fingerprint density at radius 2 is 1.87 bits per heavy atom. The van der Waals surface area contributed by atoms with E-state index in [-0.39, 0.29) is 40.7 Å². The quantitative estimate of drug-likeness (QED) is 0.450. The van der Waals surface area contributed by atoms with Gasteiger partial charge in [0, 0.05) is 12.7 Å². The molecule has 0 aromatic heterocycles. The monoisotopic (exact) mass is 344 g/mol. The number of halogens is 1. The van der Waals surface area contributed by atoms with E-state index in [1.165, 1.54) is 0 Å². The Balaban J connectivity index is 0.00000264. The van der Waals surface area contributed by atoms with Gasteiger partial charge in [0.25, 0.3) is 0 Å². The topological polar surface area (TPSA) is 35.5 Å². The van der Waals surface area contributed by atoms with Crippen molar-refractivity contribution in [2.75, 3.05) is 7.11 Å². The summed E-state index contributed by atoms with van der Waals surface area (Å²) < 4.78 is 10.6. The molecule has 0 aliphatic heterocycles. The van der Waals surface area contributed by atoms with Gasteiger partial charge in [-0.1, -0.05) is 35.9 Å². The van der Waals surface area contributed by atoms with Gasteiger partial charge in [0.1, 0.15) is 5.75 Å². The molecule has 0 saturated heterocycles. The van der Waals surface area contributed by atoms with Crippen molar-refractivity contribution in [3.05, 3.63) is 58.6 Å². The summed E-state index contributed by atoms with van der Waals surface area (Å²) in [5, 5.41) is 1.45. The molecule has 0 N–H and O–H groups in total. The first-order valence-electron chi connectivity index (χ1n) is 6.87. The van der Waals surface area contributed by atoms with Crippen LogP contribution in [0.25, 0.3) is 0 Å². The van der Waals surface area contributed by atoms with E-state index in [1.54, 1.807) is 13.2 Å². The molecule has 3 nitrogen and oxygen atoms in total. The normalized spacial score (nSPS) is 12.0. The molecule has 2 unspecified atom stereocenters. The molecule has 6 heteroatoms. The summed E-state index contributed by atoms with van der Waals surface area (Å²) in [5.41, 5.74) is 1.55. The number of hydrogen-bond acceptors (Lipinski definition) is 3. The fraction of sp³-hybridized carbons (Fsp3) is 0.235. The van der Waals surface area contributed by atoms with Gasteiger partial charge in [-0.3, -0.25) is 4.79 Å². The van der Waals surface area contributed by atoms with Gasteiger partial charge in [-0.25, -0.2) is 0 Å². The molecule has 0 spiro atoms. The Hall–Kier alpha value is -0.813. The third-order valence-electron chi connectivity index (χ3n) is 3.20. The molecule has 2 aromatic carbocycles. The molecule has 2 rings (SSSR count). The standard InChI is InChI=1S/C17H18ClO3P.Li.H/c1-11-5-4-6-15(18)16(11)17(19)22-14-9-7-13(8-10-14)21-12(2)20-3;;/h4-10,12,22H,1-3H3;;/q;+1;-1. The average molecular weight is 345 g/mol. The minimum Gasteiger partial charge on any atom is -1.00 e. The SMILES string of the molecule is COC(C)Oc1ccc(PC(=O)c2c(C)cccc2Cl)cc1.[H-].[Li+]. The smallest absolute Gasteiger partial charge is 1.00 e. The molecule has 0 aliphatic rings. The summed E-state index contributed by atoms with van der Waals surface area (Å²) in [5.74, 6) is 0.712. The summed E-state index contributed by atoms with van der Waals surface area (Å²) in [4.78, 5) is 12.4. The van der Waals surface area contributed by atoms with Crippen molar-refractivity contribution in [3.63, 3.8) is 0 Å². The van der Waals surface area contributed by atoms with E-state index in [9.17, 15) is 4.79 Å². The molecule has 2 atom stereocenters. The van der Waals surface area contributed by atoms with Crippen molar-refractivity contribution < 1.29 is 34.6 Å². The minimum absolute atomic E-state index is 0. The van der Waals surface area contributed by atoms with Crippen molar-refractivity contribution in [2.24, 2.45) is 0 Å². The van der Waals surface area contributed by atoms with Crippen LogP contribution in [0.3, 0.4) is 0 Å². The van der Waals surface area contributed by atoms with E-state index in [4.69, 9.17) is 21.1 Å². The van der Waals surface area contributed by atoms with Crippen LogP contribution >= 0.6 is 20.2 Å². The molecule has 0 fully saturated rings. The number of hydrogen-bond donors (Lipinski definition) is 0. The van der Waals surface area contributed by atoms with Gasteiger partial charge in [-0.05, 0) is 51.5 Å². The van der Waals surface area contributed by atoms with Crippen LogP contribution in [0.5, 0.6) is 5.75 Å². The van der Waals surface area contributed by atoms with Crippen LogP contribution in [0.2, 0.25) is 5.02 Å². The van der Waals surface area contributed by atoms with Gasteiger partial charge in [0.2, 0.25) is 0 Å². The van der Waals surface area contributed by atoms with Crippen molar-refractivity contribution >= 4 is 31.0 Å². The molecule has 0 radical (unpaired) electrons. The molecule has 0 amide bonds. The molecule has 0 saturated carbocycles. The maximum Gasteiger partial charge on any atom is 1.00 e. The first-order valence-corrected chi connectivity index (χ1v) is 8.25. The van der Waals surface area contributed by atoms with E-state index >= 15 is 0 Å². The van der Waals surface area contributed by atoms with Crippen molar-refractivity contribution in [3.8, 4) is 5.75 Å². The van der Waals surface area contributed by atoms with Gasteiger partial charge in [-0.2, -0.15) is 0 Å². The second-order valence-electron chi connectivity index (χ2n) is 4.83. The maximum atomic E-state index is 12.4. The second-order valence-corrected chi connectivity index (χ2v) is 6.52. The molecule has 0 heterocycles. The number of methoxy groups -OCH3 is 1. The number of ether oxygens (including phenoxy) is 2. The fourth-order valence-electron chi connectivity index (χ4n) is 1.97. The molecule has 0 bridgehead atoms. The van der Waals surface area contributed by atoms with Gasteiger partial charge >= 0.3 is 18.9 Å². The van der Waals surface area contributed by atoms with Crippen LogP contribution in [0.1, 0.15) is 24.3 Å². The van der Waals surface area contributed by atoms with E-state index in [2.05, 4.69) is 0 Å². The predicted octanol–water partition coefficient (Wildman–Crippen LogP) is 1.28. The summed E-state index contributed by atoms with van der Waals surface area (Å²) in [6, 6.07) is 12.9. The van der Waals surface area contributed by atoms with E-state index in [1.807, 2.05) is 50.2 Å². The van der Waals surface area contributed by atoms with Crippen molar-refractivity contribution in [1.29, 1.82) is 0 Å². The largest absolute Gasteiger partial charge is 1.00 e. The zero-order valence-corrected chi connectivity index (χ0v) is 15.5. The van der Waals surface area contributed by atoms with Gasteiger partial charge in [-0.15, -0.1) is 0 Å². The van der Waals surface area contributed by atoms with Crippen molar-refractivity contribution in [2.45, 2.75) is 20.1 Å².